The molecule has 0 aliphatic carbocycles. The summed E-state index contributed by atoms with van der Waals surface area (Å²) in [5.41, 5.74) is 1.94. The zero-order chi connectivity index (χ0) is 18.6. The number of rotatable bonds is 4. The molecule has 0 unspecified atom stereocenters. The quantitative estimate of drug-likeness (QED) is 0.878. The largest absolute Gasteiger partial charge is 0.347 e. The van der Waals surface area contributed by atoms with Gasteiger partial charge in [0.25, 0.3) is 5.91 Å². The van der Waals surface area contributed by atoms with Crippen LogP contribution in [0.25, 0.3) is 0 Å². The highest BCUT2D eigenvalue weighted by Crippen LogP contribution is 2.25. The monoisotopic (exact) mass is 345 g/mol. The molecule has 25 heavy (non-hydrogen) atoms. The number of carbonyl (C=O) groups excluding carboxylic acids is 3. The Kier molecular flexibility index (Phi) is 6.17. The Morgan fingerprint density at radius 2 is 1.80 bits per heavy atom. The van der Waals surface area contributed by atoms with E-state index in [2.05, 4.69) is 24.5 Å². The second-order valence-corrected chi connectivity index (χ2v) is 7.16. The molecular formula is C19H27N3O3. The van der Waals surface area contributed by atoms with E-state index in [9.17, 15) is 14.4 Å². The second kappa shape index (κ2) is 8.14. The molecule has 2 rings (SSSR count). The Bertz CT molecular complexity index is 662. The lowest BCUT2D eigenvalue weighted by atomic mass is 9.91. The molecule has 1 aromatic carbocycles. The molecule has 1 fully saturated rings. The van der Waals surface area contributed by atoms with Crippen molar-refractivity contribution in [3.05, 3.63) is 29.3 Å². The first kappa shape index (κ1) is 19.0. The molecule has 6 heteroatoms. The molecule has 1 aliphatic heterocycles. The first-order valence-corrected chi connectivity index (χ1v) is 8.70. The lowest BCUT2D eigenvalue weighted by molar-refractivity contribution is -0.122. The van der Waals surface area contributed by atoms with E-state index in [1.807, 2.05) is 17.9 Å². The number of hydrogen-bond donors (Lipinski definition) is 2. The summed E-state index contributed by atoms with van der Waals surface area (Å²) in [4.78, 5) is 37.8. The number of piperidine rings is 1. The fourth-order valence-corrected chi connectivity index (χ4v) is 3.34. The maximum atomic E-state index is 13.0. The van der Waals surface area contributed by atoms with Crippen molar-refractivity contribution in [3.8, 4) is 0 Å². The highest BCUT2D eigenvalue weighted by molar-refractivity contribution is 6.04. The first-order chi connectivity index (χ1) is 11.8. The number of aryl methyl sites for hydroxylation is 1. The smallest absolute Gasteiger partial charge is 0.255 e. The summed E-state index contributed by atoms with van der Waals surface area (Å²) >= 11 is 0. The maximum Gasteiger partial charge on any atom is 0.255 e. The lowest BCUT2D eigenvalue weighted by Crippen LogP contribution is -2.43. The third-order valence-corrected chi connectivity index (χ3v) is 4.33. The minimum absolute atomic E-state index is 0.0584. The first-order valence-electron chi connectivity index (χ1n) is 8.70. The Hall–Kier alpha value is -2.37. The lowest BCUT2D eigenvalue weighted by Gasteiger charge is -2.35. The molecule has 136 valence electrons. The molecule has 1 aromatic rings. The van der Waals surface area contributed by atoms with Crippen LogP contribution in [0.5, 0.6) is 0 Å². The highest BCUT2D eigenvalue weighted by atomic mass is 16.2. The third-order valence-electron chi connectivity index (χ3n) is 4.33. The van der Waals surface area contributed by atoms with Gasteiger partial charge in [-0.2, -0.15) is 0 Å². The van der Waals surface area contributed by atoms with Crippen LogP contribution in [0, 0.1) is 18.8 Å². The SMILES string of the molecule is CC(=O)NCC(=O)Nc1ccc(C)cc1C(=O)N1C[C@H](C)C[C@H](C)C1. The standard InChI is InChI=1S/C19H27N3O3/c1-12-5-6-17(21-18(24)9-20-15(4)23)16(8-12)19(25)22-10-13(2)7-14(3)11-22/h5-6,8,13-14H,7,9-11H2,1-4H3,(H,20,23)(H,21,24)/t13-,14+. The van der Waals surface area contributed by atoms with Gasteiger partial charge in [-0.3, -0.25) is 14.4 Å². The molecule has 0 bridgehead atoms. The predicted molar refractivity (Wildman–Crippen MR) is 97.3 cm³/mol. The third kappa shape index (κ3) is 5.31. The molecule has 3 amide bonds. The molecule has 0 saturated carbocycles. The number of hydrogen-bond acceptors (Lipinski definition) is 3. The van der Waals surface area contributed by atoms with E-state index < -0.39 is 0 Å². The fourth-order valence-electron chi connectivity index (χ4n) is 3.34. The van der Waals surface area contributed by atoms with Crippen LogP contribution < -0.4 is 10.6 Å². The summed E-state index contributed by atoms with van der Waals surface area (Å²) in [6.45, 7) is 8.93. The molecule has 0 radical (unpaired) electrons. The molecule has 2 N–H and O–H groups in total. The fraction of sp³-hybridized carbons (Fsp3) is 0.526. The molecule has 0 spiro atoms. The van der Waals surface area contributed by atoms with E-state index >= 15 is 0 Å². The summed E-state index contributed by atoms with van der Waals surface area (Å²) in [5.74, 6) is 0.252. The van der Waals surface area contributed by atoms with Crippen LogP contribution in [0.2, 0.25) is 0 Å². The summed E-state index contributed by atoms with van der Waals surface area (Å²) in [7, 11) is 0. The zero-order valence-corrected chi connectivity index (χ0v) is 15.4. The van der Waals surface area contributed by atoms with E-state index in [1.165, 1.54) is 6.92 Å². The number of likely N-dealkylation sites (tertiary alicyclic amines) is 1. The average molecular weight is 345 g/mol. The molecule has 1 aliphatic rings. The predicted octanol–water partition coefficient (Wildman–Crippen LogP) is 2.19. The van der Waals surface area contributed by atoms with Gasteiger partial charge in [0.2, 0.25) is 11.8 Å². The summed E-state index contributed by atoms with van der Waals surface area (Å²) in [5, 5.41) is 5.19. The van der Waals surface area contributed by atoms with Crippen LogP contribution in [0.15, 0.2) is 18.2 Å². The van der Waals surface area contributed by atoms with Gasteiger partial charge in [-0.1, -0.05) is 25.5 Å². The van der Waals surface area contributed by atoms with E-state index in [-0.39, 0.29) is 24.3 Å². The van der Waals surface area contributed by atoms with Crippen molar-refractivity contribution in [2.45, 2.75) is 34.1 Å². The molecule has 0 aromatic heterocycles. The Morgan fingerprint density at radius 3 is 2.40 bits per heavy atom. The van der Waals surface area contributed by atoms with E-state index in [4.69, 9.17) is 0 Å². The van der Waals surface area contributed by atoms with Gasteiger partial charge >= 0.3 is 0 Å². The molecule has 1 heterocycles. The average Bonchev–Trinajstić information content (AvgIpc) is 2.53. The molecule has 1 saturated heterocycles. The maximum absolute atomic E-state index is 13.0. The van der Waals surface area contributed by atoms with E-state index in [1.54, 1.807) is 12.1 Å². The minimum atomic E-state index is -0.353. The van der Waals surface area contributed by atoms with Crippen LogP contribution in [-0.4, -0.2) is 42.3 Å². The van der Waals surface area contributed by atoms with Crippen LogP contribution in [-0.2, 0) is 9.59 Å². The number of carbonyl (C=O) groups is 3. The van der Waals surface area contributed by atoms with Crippen LogP contribution in [0.1, 0.15) is 43.1 Å². The topological polar surface area (TPSA) is 78.5 Å². The number of benzene rings is 1. The van der Waals surface area contributed by atoms with E-state index in [0.29, 0.717) is 23.1 Å². The summed E-state index contributed by atoms with van der Waals surface area (Å²) < 4.78 is 0. The Balaban J connectivity index is 2.18. The van der Waals surface area contributed by atoms with Crippen LogP contribution >= 0.6 is 0 Å². The number of anilines is 1. The number of nitrogens with zero attached hydrogens (tertiary/aromatic N) is 1. The molecule has 6 nitrogen and oxygen atoms in total. The van der Waals surface area contributed by atoms with Crippen molar-refractivity contribution >= 4 is 23.4 Å². The van der Waals surface area contributed by atoms with E-state index in [0.717, 1.165) is 25.1 Å². The van der Waals surface area contributed by atoms with Gasteiger partial charge in [0.05, 0.1) is 17.8 Å². The van der Waals surface area contributed by atoms with Crippen molar-refractivity contribution < 1.29 is 14.4 Å². The normalized spacial score (nSPS) is 20.1. The minimum Gasteiger partial charge on any atom is -0.347 e. The van der Waals surface area contributed by atoms with Gasteiger partial charge in [0.1, 0.15) is 0 Å². The van der Waals surface area contributed by atoms with Gasteiger partial charge in [-0.25, -0.2) is 0 Å². The Morgan fingerprint density at radius 1 is 1.16 bits per heavy atom. The number of amides is 3. The van der Waals surface area contributed by atoms with Gasteiger partial charge in [0.15, 0.2) is 0 Å². The Labute approximate surface area is 149 Å². The van der Waals surface area contributed by atoms with Gasteiger partial charge < -0.3 is 15.5 Å². The van der Waals surface area contributed by atoms with Crippen molar-refractivity contribution in [2.24, 2.45) is 11.8 Å². The molecule has 2 atom stereocenters. The van der Waals surface area contributed by atoms with Gasteiger partial charge in [-0.05, 0) is 37.3 Å². The summed E-state index contributed by atoms with van der Waals surface area (Å²) in [6, 6.07) is 5.40. The van der Waals surface area contributed by atoms with Crippen molar-refractivity contribution in [1.82, 2.24) is 10.2 Å². The van der Waals surface area contributed by atoms with Crippen LogP contribution in [0.4, 0.5) is 5.69 Å². The highest BCUT2D eigenvalue weighted by Gasteiger charge is 2.27. The van der Waals surface area contributed by atoms with Crippen molar-refractivity contribution in [1.29, 1.82) is 0 Å². The molecular weight excluding hydrogens is 318 g/mol. The van der Waals surface area contributed by atoms with Crippen LogP contribution in [0.3, 0.4) is 0 Å². The number of nitrogens with one attached hydrogen (secondary N) is 2. The van der Waals surface area contributed by atoms with Crippen molar-refractivity contribution in [3.63, 3.8) is 0 Å². The second-order valence-electron chi connectivity index (χ2n) is 7.16. The van der Waals surface area contributed by atoms with Gasteiger partial charge in [-0.15, -0.1) is 0 Å². The van der Waals surface area contributed by atoms with Gasteiger partial charge in [0, 0.05) is 20.0 Å². The van der Waals surface area contributed by atoms with Crippen molar-refractivity contribution in [2.75, 3.05) is 25.0 Å². The summed E-state index contributed by atoms with van der Waals surface area (Å²) in [6.07, 6.45) is 1.12. The zero-order valence-electron chi connectivity index (χ0n) is 15.4.